The van der Waals surface area contributed by atoms with Crippen molar-refractivity contribution in [1.82, 2.24) is 25.2 Å². The van der Waals surface area contributed by atoms with Gasteiger partial charge in [-0.25, -0.2) is 0 Å². The van der Waals surface area contributed by atoms with Crippen molar-refractivity contribution in [2.45, 2.75) is 57.2 Å². The van der Waals surface area contributed by atoms with Crippen molar-refractivity contribution >= 4 is 11.8 Å². The number of aromatic nitrogens is 3. The number of ether oxygens (including phenoxy) is 1. The fourth-order valence-corrected chi connectivity index (χ4v) is 3.65. The number of nitrogens with zero attached hydrogens (tertiary/aromatic N) is 4. The van der Waals surface area contributed by atoms with E-state index in [1.54, 1.807) is 10.9 Å². The SMILES string of the molecule is O=C(NC1CC1)c1cn(CC[C@@H]2CCCCN2C(=O)COc2ccccc2)nn1. The highest BCUT2D eigenvalue weighted by Gasteiger charge is 2.27. The average molecular weight is 397 g/mol. The molecule has 1 saturated heterocycles. The Morgan fingerprint density at radius 2 is 1.97 bits per heavy atom. The van der Waals surface area contributed by atoms with Gasteiger partial charge in [-0.1, -0.05) is 23.4 Å². The summed E-state index contributed by atoms with van der Waals surface area (Å²) in [5, 5.41) is 11.0. The Kier molecular flexibility index (Phi) is 6.07. The summed E-state index contributed by atoms with van der Waals surface area (Å²) in [6, 6.07) is 9.85. The maximum Gasteiger partial charge on any atom is 0.273 e. The number of aryl methyl sites for hydroxylation is 1. The van der Waals surface area contributed by atoms with Crippen LogP contribution in [0.3, 0.4) is 0 Å². The first-order valence-corrected chi connectivity index (χ1v) is 10.4. The number of carbonyl (C=O) groups excluding carboxylic acids is 2. The minimum Gasteiger partial charge on any atom is -0.484 e. The summed E-state index contributed by atoms with van der Waals surface area (Å²) in [4.78, 5) is 26.7. The average Bonchev–Trinajstić information content (AvgIpc) is 3.44. The number of hydrogen-bond donors (Lipinski definition) is 1. The maximum atomic E-state index is 12.7. The molecule has 0 unspecified atom stereocenters. The van der Waals surface area contributed by atoms with E-state index in [1.165, 1.54) is 0 Å². The van der Waals surface area contributed by atoms with Crippen LogP contribution in [0.2, 0.25) is 0 Å². The van der Waals surface area contributed by atoms with E-state index in [4.69, 9.17) is 4.74 Å². The number of para-hydroxylation sites is 1. The molecule has 1 aliphatic heterocycles. The summed E-state index contributed by atoms with van der Waals surface area (Å²) >= 11 is 0. The lowest BCUT2D eigenvalue weighted by molar-refractivity contribution is -0.137. The molecule has 0 spiro atoms. The van der Waals surface area contributed by atoms with Crippen molar-refractivity contribution < 1.29 is 14.3 Å². The Morgan fingerprint density at radius 1 is 1.14 bits per heavy atom. The summed E-state index contributed by atoms with van der Waals surface area (Å²) in [6.07, 6.45) is 7.65. The topological polar surface area (TPSA) is 89.4 Å². The quantitative estimate of drug-likeness (QED) is 0.736. The summed E-state index contributed by atoms with van der Waals surface area (Å²) in [7, 11) is 0. The van der Waals surface area contributed by atoms with Crippen LogP contribution in [0.1, 0.15) is 49.0 Å². The number of rotatable bonds is 8. The predicted molar refractivity (Wildman–Crippen MR) is 106 cm³/mol. The molecular formula is C21H27N5O3. The van der Waals surface area contributed by atoms with Crippen LogP contribution in [-0.4, -0.2) is 56.9 Å². The van der Waals surface area contributed by atoms with Crippen LogP contribution < -0.4 is 10.1 Å². The molecule has 4 rings (SSSR count). The van der Waals surface area contributed by atoms with Crippen LogP contribution >= 0.6 is 0 Å². The van der Waals surface area contributed by atoms with E-state index in [0.29, 0.717) is 24.0 Å². The van der Waals surface area contributed by atoms with Crippen LogP contribution in [-0.2, 0) is 11.3 Å². The van der Waals surface area contributed by atoms with Gasteiger partial charge >= 0.3 is 0 Å². The van der Waals surface area contributed by atoms with Gasteiger partial charge in [-0.2, -0.15) is 0 Å². The van der Waals surface area contributed by atoms with Gasteiger partial charge < -0.3 is 15.0 Å². The summed E-state index contributed by atoms with van der Waals surface area (Å²) < 4.78 is 7.33. The third-order valence-electron chi connectivity index (χ3n) is 5.43. The fourth-order valence-electron chi connectivity index (χ4n) is 3.65. The number of carbonyl (C=O) groups is 2. The molecule has 29 heavy (non-hydrogen) atoms. The molecule has 0 bridgehead atoms. The number of piperidine rings is 1. The van der Waals surface area contributed by atoms with Gasteiger partial charge in [-0.15, -0.1) is 5.10 Å². The van der Waals surface area contributed by atoms with E-state index < -0.39 is 0 Å². The van der Waals surface area contributed by atoms with Gasteiger partial charge in [0.05, 0.1) is 6.20 Å². The van der Waals surface area contributed by atoms with Gasteiger partial charge in [-0.3, -0.25) is 14.3 Å². The normalized spacial score (nSPS) is 19.0. The van der Waals surface area contributed by atoms with Gasteiger partial charge in [0.25, 0.3) is 11.8 Å². The monoisotopic (exact) mass is 397 g/mol. The van der Waals surface area contributed by atoms with E-state index in [9.17, 15) is 9.59 Å². The highest BCUT2D eigenvalue weighted by Crippen LogP contribution is 2.21. The van der Waals surface area contributed by atoms with E-state index in [1.807, 2.05) is 35.2 Å². The van der Waals surface area contributed by atoms with E-state index in [0.717, 1.165) is 45.1 Å². The zero-order valence-electron chi connectivity index (χ0n) is 16.5. The lowest BCUT2D eigenvalue weighted by atomic mass is 9.99. The Labute approximate surface area is 170 Å². The zero-order valence-corrected chi connectivity index (χ0v) is 16.5. The Morgan fingerprint density at radius 3 is 2.76 bits per heavy atom. The van der Waals surface area contributed by atoms with Crippen LogP contribution in [0.4, 0.5) is 0 Å². The highest BCUT2D eigenvalue weighted by atomic mass is 16.5. The van der Waals surface area contributed by atoms with Crippen LogP contribution in [0.5, 0.6) is 5.75 Å². The van der Waals surface area contributed by atoms with Crippen molar-refractivity contribution in [3.05, 3.63) is 42.2 Å². The lowest BCUT2D eigenvalue weighted by Crippen LogP contribution is -2.46. The predicted octanol–water partition coefficient (Wildman–Crippen LogP) is 2.02. The standard InChI is InChI=1S/C21H27N5O3/c27-20(15-29-18-7-2-1-3-8-18)26-12-5-4-6-17(26)11-13-25-14-19(23-24-25)21(28)22-16-9-10-16/h1-3,7-8,14,16-17H,4-6,9-13,15H2,(H,22,28)/t17-/m0/s1. The zero-order chi connectivity index (χ0) is 20.1. The van der Waals surface area contributed by atoms with E-state index in [2.05, 4.69) is 15.6 Å². The van der Waals surface area contributed by atoms with Crippen molar-refractivity contribution in [1.29, 1.82) is 0 Å². The second-order valence-electron chi connectivity index (χ2n) is 7.74. The smallest absolute Gasteiger partial charge is 0.273 e. The molecule has 2 fully saturated rings. The van der Waals surface area contributed by atoms with Crippen molar-refractivity contribution in [2.75, 3.05) is 13.2 Å². The van der Waals surface area contributed by atoms with Gasteiger partial charge in [0.1, 0.15) is 5.75 Å². The fraction of sp³-hybridized carbons (Fsp3) is 0.524. The molecule has 8 nitrogen and oxygen atoms in total. The van der Waals surface area contributed by atoms with Gasteiger partial charge in [0.15, 0.2) is 12.3 Å². The highest BCUT2D eigenvalue weighted by molar-refractivity contribution is 5.92. The Balaban J connectivity index is 1.29. The molecular weight excluding hydrogens is 370 g/mol. The number of amides is 2. The molecule has 2 amide bonds. The van der Waals surface area contributed by atoms with Crippen LogP contribution in [0.25, 0.3) is 0 Å². The van der Waals surface area contributed by atoms with E-state index >= 15 is 0 Å². The second kappa shape index (κ2) is 9.07. The molecule has 1 aromatic carbocycles. The first-order valence-electron chi connectivity index (χ1n) is 10.4. The Bertz CT molecular complexity index is 834. The number of hydrogen-bond acceptors (Lipinski definition) is 5. The Hall–Kier alpha value is -2.90. The number of nitrogens with one attached hydrogen (secondary N) is 1. The first-order chi connectivity index (χ1) is 14.2. The van der Waals surface area contributed by atoms with Gasteiger partial charge in [0, 0.05) is 25.2 Å². The molecule has 1 atom stereocenters. The molecule has 1 saturated carbocycles. The molecule has 154 valence electrons. The molecule has 0 radical (unpaired) electrons. The third kappa shape index (κ3) is 5.34. The van der Waals surface area contributed by atoms with Crippen LogP contribution in [0.15, 0.2) is 36.5 Å². The minimum absolute atomic E-state index is 0.0154. The largest absolute Gasteiger partial charge is 0.484 e. The molecule has 2 aliphatic rings. The van der Waals surface area contributed by atoms with Crippen molar-refractivity contribution in [2.24, 2.45) is 0 Å². The summed E-state index contributed by atoms with van der Waals surface area (Å²) in [5.41, 5.74) is 0.352. The van der Waals surface area contributed by atoms with Gasteiger partial charge in [-0.05, 0) is 50.7 Å². The number of benzene rings is 1. The van der Waals surface area contributed by atoms with Crippen molar-refractivity contribution in [3.8, 4) is 5.75 Å². The molecule has 2 heterocycles. The molecule has 1 N–H and O–H groups in total. The third-order valence-corrected chi connectivity index (χ3v) is 5.43. The van der Waals surface area contributed by atoms with E-state index in [-0.39, 0.29) is 24.5 Å². The van der Waals surface area contributed by atoms with Gasteiger partial charge in [0.2, 0.25) is 0 Å². The minimum atomic E-state index is -0.161. The molecule has 1 aromatic heterocycles. The maximum absolute atomic E-state index is 12.7. The molecule has 2 aromatic rings. The number of likely N-dealkylation sites (tertiary alicyclic amines) is 1. The molecule has 8 heteroatoms. The van der Waals surface area contributed by atoms with Crippen LogP contribution in [0, 0.1) is 0 Å². The lowest BCUT2D eigenvalue weighted by Gasteiger charge is -2.35. The molecule has 1 aliphatic carbocycles. The summed E-state index contributed by atoms with van der Waals surface area (Å²) in [6.45, 7) is 1.43. The first kappa shape index (κ1) is 19.4. The summed E-state index contributed by atoms with van der Waals surface area (Å²) in [5.74, 6) is 0.557. The van der Waals surface area contributed by atoms with Crippen molar-refractivity contribution in [3.63, 3.8) is 0 Å². The second-order valence-corrected chi connectivity index (χ2v) is 7.74.